The van der Waals surface area contributed by atoms with E-state index >= 15 is 0 Å². The van der Waals surface area contributed by atoms with Crippen molar-refractivity contribution in [2.45, 2.75) is 26.8 Å². The maximum atomic E-state index is 2.52. The molecule has 0 unspecified atom stereocenters. The molecule has 0 fully saturated rings. The van der Waals surface area contributed by atoms with Crippen LogP contribution in [0.15, 0.2) is 0 Å². The van der Waals surface area contributed by atoms with Gasteiger partial charge in [-0.3, -0.25) is 0 Å². The number of hydrogen-bond donors (Lipinski definition) is 0. The van der Waals surface area contributed by atoms with Crippen molar-refractivity contribution in [3.05, 3.63) is 0 Å². The molecule has 9 heavy (non-hydrogen) atoms. The fourth-order valence-electron chi connectivity index (χ4n) is 0.741. The van der Waals surface area contributed by atoms with Crippen LogP contribution in [-0.4, -0.2) is 27.0 Å². The van der Waals surface area contributed by atoms with Crippen LogP contribution >= 0.6 is 0 Å². The molecule has 0 heterocycles. The minimum atomic E-state index is 0.453. The molecule has 0 spiro atoms. The van der Waals surface area contributed by atoms with Gasteiger partial charge in [-0.05, 0) is 0 Å². The Kier molecular flexibility index (Phi) is 5.89. The first-order valence-corrected chi connectivity index (χ1v) is 7.08. The number of nitrogens with zero attached hydrogens (tertiary/aromatic N) is 1. The minimum absolute atomic E-state index is 0.453. The fraction of sp³-hybridized carbons (Fsp3) is 1.00. The van der Waals surface area contributed by atoms with Crippen molar-refractivity contribution >= 4 is 0 Å². The monoisotopic (exact) mass is 242 g/mol. The van der Waals surface area contributed by atoms with Crippen LogP contribution < -0.4 is 21.2 Å². The molecule has 2 heteroatoms. The average molecular weight is 242 g/mol. The molecule has 0 saturated carbocycles. The molecule has 0 aliphatic carbocycles. The normalized spacial score (nSPS) is 11.8. The van der Waals surface area contributed by atoms with Crippen LogP contribution in [0.1, 0.15) is 20.8 Å². The molecule has 1 nitrogen and oxygen atoms in total. The van der Waals surface area contributed by atoms with Gasteiger partial charge in [0, 0.05) is 0 Å². The zero-order chi connectivity index (χ0) is 7.28. The first kappa shape index (κ1) is 9.69. The Balaban J connectivity index is 3.41. The third-order valence-corrected chi connectivity index (χ3v) is 2.97. The van der Waals surface area contributed by atoms with Crippen LogP contribution in [0.25, 0.3) is 0 Å². The fourth-order valence-corrected chi connectivity index (χ4v) is 2.89. The van der Waals surface area contributed by atoms with Crippen LogP contribution in [0.2, 0.25) is 0 Å². The van der Waals surface area contributed by atoms with E-state index in [2.05, 4.69) is 30.6 Å². The van der Waals surface area contributed by atoms with Crippen molar-refractivity contribution in [2.75, 3.05) is 16.0 Å². The van der Waals surface area contributed by atoms with Gasteiger partial charge in [0.2, 0.25) is 0 Å². The summed E-state index contributed by atoms with van der Waals surface area (Å²) in [4.78, 5) is 4.86. The van der Waals surface area contributed by atoms with Crippen molar-refractivity contribution in [1.29, 1.82) is 0 Å². The molecular formula is C7H17IN-. The Morgan fingerprint density at radius 2 is 2.00 bits per heavy atom. The zero-order valence-corrected chi connectivity index (χ0v) is 8.97. The van der Waals surface area contributed by atoms with Crippen LogP contribution in [0.3, 0.4) is 0 Å². The topological polar surface area (TPSA) is 3.24 Å². The Labute approximate surface area is 69.1 Å². The Hall–Kier alpha value is 0.690. The van der Waals surface area contributed by atoms with E-state index in [9.17, 15) is 0 Å². The van der Waals surface area contributed by atoms with Crippen molar-refractivity contribution in [3.63, 3.8) is 0 Å². The van der Waals surface area contributed by atoms with E-state index in [0.717, 1.165) is 6.04 Å². The Morgan fingerprint density at radius 3 is 2.11 bits per heavy atom. The first-order chi connectivity index (χ1) is 4.22. The standard InChI is InChI=1S/C7H17IN/c1-5-9(6-8-4)7(2)3/h7H,5-6H2,1-4H3/q-1. The molecule has 0 amide bonds. The van der Waals surface area contributed by atoms with Crippen molar-refractivity contribution in [1.82, 2.24) is 4.90 Å². The molecule has 0 radical (unpaired) electrons. The van der Waals surface area contributed by atoms with E-state index < -0.39 is 0 Å². The summed E-state index contributed by atoms with van der Waals surface area (Å²) in [5.41, 5.74) is 0. The number of alkyl halides is 2. The summed E-state index contributed by atoms with van der Waals surface area (Å²) >= 11 is 0.453. The van der Waals surface area contributed by atoms with Gasteiger partial charge < -0.3 is 0 Å². The van der Waals surface area contributed by atoms with E-state index in [0.29, 0.717) is 21.2 Å². The molecular weight excluding hydrogens is 225 g/mol. The van der Waals surface area contributed by atoms with Gasteiger partial charge in [0.25, 0.3) is 0 Å². The third kappa shape index (κ3) is 4.14. The van der Waals surface area contributed by atoms with Gasteiger partial charge in [-0.2, -0.15) is 0 Å². The second-order valence-electron chi connectivity index (χ2n) is 2.39. The number of rotatable bonds is 4. The molecule has 0 aromatic carbocycles. The first-order valence-electron chi connectivity index (χ1n) is 3.40. The maximum absolute atomic E-state index is 2.52. The van der Waals surface area contributed by atoms with Crippen LogP contribution in [0.4, 0.5) is 0 Å². The van der Waals surface area contributed by atoms with Crippen molar-refractivity contribution in [3.8, 4) is 0 Å². The van der Waals surface area contributed by atoms with Crippen LogP contribution in [-0.2, 0) is 0 Å². The van der Waals surface area contributed by atoms with E-state index in [1.807, 2.05) is 0 Å². The predicted molar refractivity (Wildman–Crippen MR) is 38.3 cm³/mol. The predicted octanol–water partition coefficient (Wildman–Crippen LogP) is -1.61. The molecule has 0 atom stereocenters. The molecule has 58 valence electrons. The van der Waals surface area contributed by atoms with Gasteiger partial charge in [-0.15, -0.1) is 0 Å². The molecule has 0 bridgehead atoms. The second-order valence-corrected chi connectivity index (χ2v) is 4.59. The molecule has 0 aliphatic heterocycles. The van der Waals surface area contributed by atoms with E-state index in [1.165, 1.54) is 11.1 Å². The van der Waals surface area contributed by atoms with Gasteiger partial charge >= 0.3 is 68.9 Å². The van der Waals surface area contributed by atoms with E-state index in [4.69, 9.17) is 0 Å². The number of hydrogen-bond acceptors (Lipinski definition) is 1. The Morgan fingerprint density at radius 1 is 1.44 bits per heavy atom. The second kappa shape index (κ2) is 5.47. The number of halogens is 1. The van der Waals surface area contributed by atoms with E-state index in [1.54, 1.807) is 0 Å². The molecule has 0 aromatic heterocycles. The molecule has 0 rings (SSSR count). The zero-order valence-electron chi connectivity index (χ0n) is 6.82. The summed E-state index contributed by atoms with van der Waals surface area (Å²) in [5, 5.41) is 0. The summed E-state index contributed by atoms with van der Waals surface area (Å²) in [6, 6.07) is 0.745. The Bertz CT molecular complexity index is 63.9. The quantitative estimate of drug-likeness (QED) is 0.326. The average Bonchev–Trinajstić information content (AvgIpc) is 1.82. The van der Waals surface area contributed by atoms with Gasteiger partial charge in [0.15, 0.2) is 0 Å². The molecule has 0 saturated heterocycles. The van der Waals surface area contributed by atoms with Gasteiger partial charge in [0.05, 0.1) is 0 Å². The molecule has 0 aliphatic rings. The van der Waals surface area contributed by atoms with Crippen molar-refractivity contribution in [2.24, 2.45) is 0 Å². The van der Waals surface area contributed by atoms with Crippen LogP contribution in [0.5, 0.6) is 0 Å². The summed E-state index contributed by atoms with van der Waals surface area (Å²) < 4.78 is 1.35. The summed E-state index contributed by atoms with van der Waals surface area (Å²) in [6.45, 7) is 7.98. The van der Waals surface area contributed by atoms with E-state index in [-0.39, 0.29) is 0 Å². The van der Waals surface area contributed by atoms with Crippen molar-refractivity contribution < 1.29 is 21.2 Å². The third-order valence-electron chi connectivity index (χ3n) is 1.41. The SMILES string of the molecule is CCN(C[I-]C)C(C)C. The summed E-state index contributed by atoms with van der Waals surface area (Å²) in [6.07, 6.45) is 0. The summed E-state index contributed by atoms with van der Waals surface area (Å²) in [7, 11) is 0. The van der Waals surface area contributed by atoms with Crippen LogP contribution in [0, 0.1) is 0 Å². The van der Waals surface area contributed by atoms with Gasteiger partial charge in [-0.1, -0.05) is 0 Å². The van der Waals surface area contributed by atoms with Gasteiger partial charge in [-0.25, -0.2) is 0 Å². The summed E-state index contributed by atoms with van der Waals surface area (Å²) in [5.74, 6) is 0. The molecule has 0 N–H and O–H groups in total. The molecule has 0 aromatic rings. The van der Waals surface area contributed by atoms with Gasteiger partial charge in [0.1, 0.15) is 0 Å².